The van der Waals surface area contributed by atoms with Crippen molar-refractivity contribution in [1.29, 1.82) is 0 Å². The molecule has 0 saturated heterocycles. The van der Waals surface area contributed by atoms with E-state index in [-0.39, 0.29) is 17.1 Å². The Kier molecular flexibility index (Phi) is 4.00. The number of aromatic amines is 1. The molecular formula is C11H14FN5O2S. The summed E-state index contributed by atoms with van der Waals surface area (Å²) in [5, 5.41) is 9.36. The lowest BCUT2D eigenvalue weighted by Gasteiger charge is -2.09. The van der Waals surface area contributed by atoms with Crippen LogP contribution in [0.5, 0.6) is 0 Å². The average Bonchev–Trinajstić information content (AvgIpc) is 2.74. The highest BCUT2D eigenvalue weighted by molar-refractivity contribution is 7.92. The Balaban J connectivity index is 2.41. The predicted molar refractivity (Wildman–Crippen MR) is 71.1 cm³/mol. The highest BCUT2D eigenvalue weighted by atomic mass is 32.2. The molecule has 0 radical (unpaired) electrons. The quantitative estimate of drug-likeness (QED) is 0.757. The molecule has 20 heavy (non-hydrogen) atoms. The molecule has 0 atom stereocenters. The van der Waals surface area contributed by atoms with Crippen molar-refractivity contribution in [3.05, 3.63) is 35.7 Å². The topological polar surface area (TPSA) is 99.8 Å². The molecule has 0 aliphatic heterocycles. The van der Waals surface area contributed by atoms with Crippen molar-refractivity contribution in [2.24, 2.45) is 0 Å². The van der Waals surface area contributed by atoms with Gasteiger partial charge in [0.05, 0.1) is 23.3 Å². The highest BCUT2D eigenvalue weighted by Gasteiger charge is 2.24. The Morgan fingerprint density at radius 2 is 2.20 bits per heavy atom. The van der Waals surface area contributed by atoms with E-state index in [0.29, 0.717) is 11.4 Å². The Morgan fingerprint density at radius 3 is 2.85 bits per heavy atom. The van der Waals surface area contributed by atoms with Gasteiger partial charge in [0.15, 0.2) is 5.82 Å². The molecule has 0 spiro atoms. The first-order valence-electron chi connectivity index (χ1n) is 5.76. The van der Waals surface area contributed by atoms with E-state index >= 15 is 0 Å². The zero-order valence-electron chi connectivity index (χ0n) is 10.9. The minimum absolute atomic E-state index is 0.0167. The number of hydrogen-bond donors (Lipinski definition) is 3. The number of nitrogens with zero attached hydrogens (tertiary/aromatic N) is 2. The Hall–Kier alpha value is -2.00. The third-order valence-corrected chi connectivity index (χ3v) is 4.16. The van der Waals surface area contributed by atoms with Crippen molar-refractivity contribution < 1.29 is 12.8 Å². The van der Waals surface area contributed by atoms with Crippen molar-refractivity contribution >= 4 is 15.7 Å². The van der Waals surface area contributed by atoms with E-state index in [4.69, 9.17) is 0 Å². The number of sulfonamides is 1. The molecule has 0 fully saturated rings. The fourth-order valence-electron chi connectivity index (χ4n) is 1.77. The molecular weight excluding hydrogens is 285 g/mol. The van der Waals surface area contributed by atoms with E-state index in [9.17, 15) is 12.8 Å². The number of nitrogens with one attached hydrogen (secondary N) is 3. The van der Waals surface area contributed by atoms with Crippen molar-refractivity contribution in [3.8, 4) is 0 Å². The fraction of sp³-hybridized carbons (Fsp3) is 0.273. The Morgan fingerprint density at radius 1 is 1.45 bits per heavy atom. The minimum atomic E-state index is -3.93. The zero-order chi connectivity index (χ0) is 14.8. The number of anilines is 1. The van der Waals surface area contributed by atoms with Crippen molar-refractivity contribution in [2.75, 3.05) is 11.8 Å². The van der Waals surface area contributed by atoms with E-state index in [2.05, 4.69) is 25.2 Å². The summed E-state index contributed by atoms with van der Waals surface area (Å²) in [6, 6.07) is 1.25. The summed E-state index contributed by atoms with van der Waals surface area (Å²) in [5.41, 5.74) is 0.570. The maximum Gasteiger partial charge on any atom is 0.265 e. The summed E-state index contributed by atoms with van der Waals surface area (Å²) in [5.74, 6) is -0.743. The van der Waals surface area contributed by atoms with Crippen LogP contribution in [0.2, 0.25) is 0 Å². The van der Waals surface area contributed by atoms with Crippen LogP contribution in [-0.4, -0.2) is 30.6 Å². The summed E-state index contributed by atoms with van der Waals surface area (Å²) >= 11 is 0. The number of halogens is 1. The van der Waals surface area contributed by atoms with Gasteiger partial charge in [-0.2, -0.15) is 5.10 Å². The summed E-state index contributed by atoms with van der Waals surface area (Å²) in [6.07, 6.45) is 2.24. The molecule has 0 bridgehead atoms. The van der Waals surface area contributed by atoms with Gasteiger partial charge in [0.1, 0.15) is 4.90 Å². The molecule has 0 amide bonds. The van der Waals surface area contributed by atoms with Gasteiger partial charge < -0.3 is 5.32 Å². The van der Waals surface area contributed by atoms with Gasteiger partial charge in [-0.1, -0.05) is 0 Å². The smallest absolute Gasteiger partial charge is 0.265 e. The third-order valence-electron chi connectivity index (χ3n) is 2.59. The van der Waals surface area contributed by atoms with Crippen LogP contribution in [0.3, 0.4) is 0 Å². The average molecular weight is 299 g/mol. The van der Waals surface area contributed by atoms with Crippen molar-refractivity contribution in [2.45, 2.75) is 18.4 Å². The molecule has 9 heteroatoms. The minimum Gasteiger partial charge on any atom is -0.314 e. The van der Waals surface area contributed by atoms with E-state index in [1.165, 1.54) is 12.3 Å². The van der Waals surface area contributed by atoms with Crippen LogP contribution in [0.15, 0.2) is 23.4 Å². The van der Waals surface area contributed by atoms with Crippen LogP contribution >= 0.6 is 0 Å². The fourth-order valence-corrected chi connectivity index (χ4v) is 3.20. The van der Waals surface area contributed by atoms with Crippen molar-refractivity contribution in [1.82, 2.24) is 20.5 Å². The van der Waals surface area contributed by atoms with Gasteiger partial charge in [0.25, 0.3) is 10.0 Å². The lowest BCUT2D eigenvalue weighted by atomic mass is 10.4. The molecule has 0 aliphatic rings. The monoisotopic (exact) mass is 299 g/mol. The van der Waals surface area contributed by atoms with Gasteiger partial charge in [-0.15, -0.1) is 0 Å². The van der Waals surface area contributed by atoms with Crippen LogP contribution < -0.4 is 10.0 Å². The number of rotatable bonds is 5. The van der Waals surface area contributed by atoms with E-state index in [1.807, 2.05) is 0 Å². The maximum atomic E-state index is 13.5. The van der Waals surface area contributed by atoms with Gasteiger partial charge >= 0.3 is 0 Å². The zero-order valence-corrected chi connectivity index (χ0v) is 11.8. The first-order chi connectivity index (χ1) is 9.45. The van der Waals surface area contributed by atoms with Crippen LogP contribution in [0.4, 0.5) is 10.1 Å². The SMILES string of the molecule is CNCc1n[nH]c(C)c1S(=O)(=O)Nc1ccncc1F. The van der Waals surface area contributed by atoms with Gasteiger partial charge in [-0.3, -0.25) is 14.8 Å². The first kappa shape index (κ1) is 14.4. The van der Waals surface area contributed by atoms with Gasteiger partial charge in [0, 0.05) is 12.7 Å². The number of aryl methyl sites for hydroxylation is 1. The predicted octanol–water partition coefficient (Wildman–Crippen LogP) is 0.772. The molecule has 2 aromatic rings. The number of hydrogen-bond acceptors (Lipinski definition) is 5. The normalized spacial score (nSPS) is 11.6. The van der Waals surface area contributed by atoms with E-state index in [1.54, 1.807) is 14.0 Å². The molecule has 2 aromatic heterocycles. The first-order valence-corrected chi connectivity index (χ1v) is 7.25. The number of aromatic nitrogens is 3. The molecule has 0 aliphatic carbocycles. The molecule has 3 N–H and O–H groups in total. The van der Waals surface area contributed by atoms with E-state index in [0.717, 1.165) is 6.20 Å². The van der Waals surface area contributed by atoms with Gasteiger partial charge in [-0.25, -0.2) is 12.8 Å². The summed E-state index contributed by atoms with van der Waals surface area (Å²) in [7, 11) is -2.25. The molecule has 7 nitrogen and oxygen atoms in total. The molecule has 2 rings (SSSR count). The van der Waals surface area contributed by atoms with Crippen molar-refractivity contribution in [3.63, 3.8) is 0 Å². The standard InChI is InChI=1S/C11H14FN5O2S/c1-7-11(10(6-13-2)16-15-7)20(18,19)17-9-3-4-14-5-8(9)12/h3-5,13H,6H2,1-2H3,(H,14,17)(H,15,16). The van der Waals surface area contributed by atoms with Crippen LogP contribution in [0.1, 0.15) is 11.4 Å². The summed E-state index contributed by atoms with van der Waals surface area (Å²) < 4.78 is 40.4. The van der Waals surface area contributed by atoms with Crippen LogP contribution in [0.25, 0.3) is 0 Å². The molecule has 0 aromatic carbocycles. The van der Waals surface area contributed by atoms with Crippen LogP contribution in [0, 0.1) is 12.7 Å². The van der Waals surface area contributed by atoms with Gasteiger partial charge in [0.2, 0.25) is 0 Å². The lowest BCUT2D eigenvalue weighted by Crippen LogP contribution is -2.18. The van der Waals surface area contributed by atoms with Crippen LogP contribution in [-0.2, 0) is 16.6 Å². The van der Waals surface area contributed by atoms with Gasteiger partial charge in [-0.05, 0) is 20.0 Å². The third kappa shape index (κ3) is 2.78. The molecule has 2 heterocycles. The molecule has 108 valence electrons. The maximum absolute atomic E-state index is 13.5. The highest BCUT2D eigenvalue weighted by Crippen LogP contribution is 2.22. The summed E-state index contributed by atoms with van der Waals surface area (Å²) in [6.45, 7) is 1.86. The molecule has 0 unspecified atom stereocenters. The summed E-state index contributed by atoms with van der Waals surface area (Å²) in [4.78, 5) is 3.58. The van der Waals surface area contributed by atoms with E-state index < -0.39 is 15.8 Å². The Bertz CT molecular complexity index is 713. The largest absolute Gasteiger partial charge is 0.314 e. The number of H-pyrrole nitrogens is 1. The second-order valence-electron chi connectivity index (χ2n) is 4.12. The second kappa shape index (κ2) is 5.55. The molecule has 0 saturated carbocycles. The lowest BCUT2D eigenvalue weighted by molar-refractivity contribution is 0.595. The number of pyridine rings is 1. The Labute approximate surface area is 115 Å². The second-order valence-corrected chi connectivity index (χ2v) is 5.74.